The summed E-state index contributed by atoms with van der Waals surface area (Å²) in [6.07, 6.45) is -0.539. The highest BCUT2D eigenvalue weighted by molar-refractivity contribution is 9.11. The zero-order valence-electron chi connectivity index (χ0n) is 9.69. The Morgan fingerprint density at radius 3 is 2.67 bits per heavy atom. The number of ether oxygens (including phenoxy) is 1. The van der Waals surface area contributed by atoms with Gasteiger partial charge < -0.3 is 9.84 Å². The van der Waals surface area contributed by atoms with Gasteiger partial charge in [0, 0.05) is 14.9 Å². The average molecular weight is 392 g/mol. The molecule has 1 N–H and O–H groups in total. The second kappa shape index (κ2) is 6.19. The second-order valence-corrected chi connectivity index (χ2v) is 7.32. The molecule has 1 atom stereocenters. The van der Waals surface area contributed by atoms with Crippen molar-refractivity contribution in [2.45, 2.75) is 19.6 Å². The van der Waals surface area contributed by atoms with Crippen molar-refractivity contribution >= 4 is 43.2 Å². The van der Waals surface area contributed by atoms with Crippen LogP contribution in [0.5, 0.6) is 5.75 Å². The number of halogens is 2. The third-order valence-electron chi connectivity index (χ3n) is 2.42. The molecule has 0 bridgehead atoms. The number of aliphatic hydroxyl groups is 1. The number of rotatable bonds is 4. The molecule has 1 heterocycles. The number of benzene rings is 1. The Balaban J connectivity index is 2.15. The van der Waals surface area contributed by atoms with E-state index in [-0.39, 0.29) is 0 Å². The molecule has 1 unspecified atom stereocenters. The fourth-order valence-electron chi connectivity index (χ4n) is 1.56. The van der Waals surface area contributed by atoms with E-state index in [1.165, 1.54) is 0 Å². The lowest BCUT2D eigenvalue weighted by Gasteiger charge is -2.13. The molecule has 0 amide bonds. The average Bonchev–Trinajstić information content (AvgIpc) is 2.72. The van der Waals surface area contributed by atoms with Crippen LogP contribution in [0.2, 0.25) is 0 Å². The molecule has 2 aromatic rings. The molecular weight excluding hydrogens is 380 g/mol. The maximum atomic E-state index is 9.70. The first-order chi connectivity index (χ1) is 8.56. The van der Waals surface area contributed by atoms with E-state index in [2.05, 4.69) is 31.9 Å². The van der Waals surface area contributed by atoms with E-state index in [9.17, 15) is 5.11 Å². The van der Waals surface area contributed by atoms with E-state index in [1.54, 1.807) is 18.3 Å². The van der Waals surface area contributed by atoms with E-state index < -0.39 is 6.10 Å². The van der Waals surface area contributed by atoms with Gasteiger partial charge in [0.25, 0.3) is 0 Å². The Labute approximate surface area is 127 Å². The highest BCUT2D eigenvalue weighted by Gasteiger charge is 2.10. The first kappa shape index (κ1) is 14.1. The van der Waals surface area contributed by atoms with Crippen molar-refractivity contribution in [3.63, 3.8) is 0 Å². The first-order valence-corrected chi connectivity index (χ1v) is 7.81. The van der Waals surface area contributed by atoms with E-state index in [0.29, 0.717) is 12.4 Å². The molecular formula is C13H12Br2O2S. The van der Waals surface area contributed by atoms with Crippen LogP contribution in [0.4, 0.5) is 0 Å². The summed E-state index contributed by atoms with van der Waals surface area (Å²) in [6, 6.07) is 9.67. The molecule has 0 aliphatic carbocycles. The predicted octanol–water partition coefficient (Wildman–Crippen LogP) is 4.91. The molecule has 0 aliphatic rings. The molecule has 0 fully saturated rings. The van der Waals surface area contributed by atoms with Crippen molar-refractivity contribution in [3.8, 4) is 5.75 Å². The Morgan fingerprint density at radius 2 is 2.06 bits per heavy atom. The van der Waals surface area contributed by atoms with E-state index in [0.717, 1.165) is 18.7 Å². The fourth-order valence-corrected chi connectivity index (χ4v) is 3.29. The Bertz CT molecular complexity index is 538. The standard InChI is InChI=1S/C13H12Br2O2S/c1-8(16)11-4-2-9(14)6-12(11)17-7-10-3-5-13(15)18-10/h2-6,8,16H,7H2,1H3. The molecule has 1 aromatic carbocycles. The van der Waals surface area contributed by atoms with E-state index in [1.807, 2.05) is 30.3 Å². The summed E-state index contributed by atoms with van der Waals surface area (Å²) in [7, 11) is 0. The van der Waals surface area contributed by atoms with Crippen molar-refractivity contribution in [1.29, 1.82) is 0 Å². The second-order valence-electron chi connectivity index (χ2n) is 3.85. The third-order valence-corrected chi connectivity index (χ3v) is 4.51. The topological polar surface area (TPSA) is 29.5 Å². The smallest absolute Gasteiger partial charge is 0.126 e. The van der Waals surface area contributed by atoms with Crippen LogP contribution in [-0.4, -0.2) is 5.11 Å². The number of thiophene rings is 1. The lowest BCUT2D eigenvalue weighted by Crippen LogP contribution is -2.00. The van der Waals surface area contributed by atoms with Gasteiger partial charge >= 0.3 is 0 Å². The van der Waals surface area contributed by atoms with Crippen LogP contribution in [0.3, 0.4) is 0 Å². The lowest BCUT2D eigenvalue weighted by molar-refractivity contribution is 0.190. The summed E-state index contributed by atoms with van der Waals surface area (Å²) >= 11 is 8.48. The predicted molar refractivity (Wildman–Crippen MR) is 81.1 cm³/mol. The summed E-state index contributed by atoms with van der Waals surface area (Å²) in [5.41, 5.74) is 0.800. The van der Waals surface area contributed by atoms with Crippen molar-refractivity contribution in [1.82, 2.24) is 0 Å². The van der Waals surface area contributed by atoms with E-state index >= 15 is 0 Å². The molecule has 0 aliphatic heterocycles. The van der Waals surface area contributed by atoms with Gasteiger partial charge in [-0.1, -0.05) is 22.0 Å². The van der Waals surface area contributed by atoms with Crippen LogP contribution in [0, 0.1) is 0 Å². The number of hydrogen-bond donors (Lipinski definition) is 1. The summed E-state index contributed by atoms with van der Waals surface area (Å²) < 4.78 is 7.81. The first-order valence-electron chi connectivity index (χ1n) is 5.41. The van der Waals surface area contributed by atoms with Gasteiger partial charge in [0.1, 0.15) is 12.4 Å². The van der Waals surface area contributed by atoms with Gasteiger partial charge in [-0.05, 0) is 47.1 Å². The number of aliphatic hydroxyl groups excluding tert-OH is 1. The maximum absolute atomic E-state index is 9.70. The fraction of sp³-hybridized carbons (Fsp3) is 0.231. The van der Waals surface area contributed by atoms with Crippen LogP contribution < -0.4 is 4.74 Å². The minimum absolute atomic E-state index is 0.506. The summed E-state index contributed by atoms with van der Waals surface area (Å²) in [6.45, 7) is 2.24. The van der Waals surface area contributed by atoms with Crippen LogP contribution in [-0.2, 0) is 6.61 Å². The minimum Gasteiger partial charge on any atom is -0.488 e. The van der Waals surface area contributed by atoms with Crippen LogP contribution >= 0.6 is 43.2 Å². The van der Waals surface area contributed by atoms with Crippen molar-refractivity contribution in [2.75, 3.05) is 0 Å². The molecule has 5 heteroatoms. The van der Waals surface area contributed by atoms with Crippen molar-refractivity contribution < 1.29 is 9.84 Å². The largest absolute Gasteiger partial charge is 0.488 e. The Kier molecular flexibility index (Phi) is 4.84. The molecule has 96 valence electrons. The Hall–Kier alpha value is -0.360. The van der Waals surface area contributed by atoms with Crippen LogP contribution in [0.1, 0.15) is 23.5 Å². The molecule has 0 saturated carbocycles. The molecule has 2 rings (SSSR count). The van der Waals surface area contributed by atoms with Gasteiger partial charge in [0.2, 0.25) is 0 Å². The van der Waals surface area contributed by atoms with Gasteiger partial charge in [0.15, 0.2) is 0 Å². The molecule has 0 saturated heterocycles. The number of hydrogen-bond acceptors (Lipinski definition) is 3. The monoisotopic (exact) mass is 390 g/mol. The molecule has 1 aromatic heterocycles. The zero-order chi connectivity index (χ0) is 13.1. The van der Waals surface area contributed by atoms with Gasteiger partial charge in [-0.15, -0.1) is 11.3 Å². The molecule has 0 radical (unpaired) electrons. The Morgan fingerprint density at radius 1 is 1.28 bits per heavy atom. The van der Waals surface area contributed by atoms with Gasteiger partial charge in [-0.2, -0.15) is 0 Å². The molecule has 0 spiro atoms. The summed E-state index contributed by atoms with van der Waals surface area (Å²) in [5, 5.41) is 9.70. The van der Waals surface area contributed by atoms with Gasteiger partial charge in [-0.25, -0.2) is 0 Å². The van der Waals surface area contributed by atoms with E-state index in [4.69, 9.17) is 4.74 Å². The lowest BCUT2D eigenvalue weighted by atomic mass is 10.1. The maximum Gasteiger partial charge on any atom is 0.126 e. The SMILES string of the molecule is CC(O)c1ccc(Br)cc1OCc1ccc(Br)s1. The van der Waals surface area contributed by atoms with Gasteiger partial charge in [-0.3, -0.25) is 0 Å². The molecule has 2 nitrogen and oxygen atoms in total. The highest BCUT2D eigenvalue weighted by atomic mass is 79.9. The van der Waals surface area contributed by atoms with Crippen LogP contribution in [0.25, 0.3) is 0 Å². The quantitative estimate of drug-likeness (QED) is 0.802. The van der Waals surface area contributed by atoms with Crippen molar-refractivity contribution in [3.05, 3.63) is 49.0 Å². The highest BCUT2D eigenvalue weighted by Crippen LogP contribution is 2.30. The molecule has 18 heavy (non-hydrogen) atoms. The van der Waals surface area contributed by atoms with Crippen molar-refractivity contribution in [2.24, 2.45) is 0 Å². The zero-order valence-corrected chi connectivity index (χ0v) is 13.7. The van der Waals surface area contributed by atoms with Gasteiger partial charge in [0.05, 0.1) is 9.89 Å². The summed E-state index contributed by atoms with van der Waals surface area (Å²) in [5.74, 6) is 0.712. The van der Waals surface area contributed by atoms with Crippen LogP contribution in [0.15, 0.2) is 38.6 Å². The summed E-state index contributed by atoms with van der Waals surface area (Å²) in [4.78, 5) is 1.14. The minimum atomic E-state index is -0.539. The normalized spacial score (nSPS) is 12.4. The third kappa shape index (κ3) is 3.57.